The predicted octanol–water partition coefficient (Wildman–Crippen LogP) is 7.37. The molecule has 138 valence electrons. The molecule has 0 nitrogen and oxygen atoms in total. The molecule has 0 bridgehead atoms. The Labute approximate surface area is 149 Å². The standard InChI is InChI=1S/C22H29F3/c1-16-2-6-18(7-3-16)20-10-12-21(13-11-20)19-8-4-17(5-9-19)14-15-22(23,24)25/h10-19H,2-9H2,1H3. The van der Waals surface area contributed by atoms with Crippen molar-refractivity contribution in [3.8, 4) is 0 Å². The van der Waals surface area contributed by atoms with Gasteiger partial charge in [-0.25, -0.2) is 0 Å². The molecule has 0 unspecified atom stereocenters. The summed E-state index contributed by atoms with van der Waals surface area (Å²) in [6.07, 6.45) is 6.59. The van der Waals surface area contributed by atoms with Crippen LogP contribution in [0, 0.1) is 11.8 Å². The first-order chi connectivity index (χ1) is 11.9. The van der Waals surface area contributed by atoms with E-state index in [1.807, 2.05) is 0 Å². The summed E-state index contributed by atoms with van der Waals surface area (Å²) in [7, 11) is 0. The Balaban J connectivity index is 1.53. The van der Waals surface area contributed by atoms with Gasteiger partial charge in [0.25, 0.3) is 0 Å². The number of benzene rings is 1. The summed E-state index contributed by atoms with van der Waals surface area (Å²) in [6, 6.07) is 9.13. The number of hydrogen-bond donors (Lipinski definition) is 0. The summed E-state index contributed by atoms with van der Waals surface area (Å²) >= 11 is 0. The van der Waals surface area contributed by atoms with E-state index in [1.54, 1.807) is 0 Å². The zero-order chi connectivity index (χ0) is 17.9. The molecule has 0 heterocycles. The lowest BCUT2D eigenvalue weighted by atomic mass is 9.77. The molecule has 0 saturated heterocycles. The van der Waals surface area contributed by atoms with Crippen LogP contribution in [-0.2, 0) is 0 Å². The van der Waals surface area contributed by atoms with Gasteiger partial charge in [0.2, 0.25) is 0 Å². The van der Waals surface area contributed by atoms with Gasteiger partial charge < -0.3 is 0 Å². The molecule has 0 atom stereocenters. The Kier molecular flexibility index (Phi) is 5.91. The third-order valence-electron chi connectivity index (χ3n) is 6.22. The van der Waals surface area contributed by atoms with Crippen molar-refractivity contribution < 1.29 is 13.2 Å². The first-order valence-electron chi connectivity index (χ1n) is 9.76. The van der Waals surface area contributed by atoms with Crippen LogP contribution < -0.4 is 0 Å². The highest BCUT2D eigenvalue weighted by molar-refractivity contribution is 5.28. The van der Waals surface area contributed by atoms with E-state index in [2.05, 4.69) is 31.2 Å². The van der Waals surface area contributed by atoms with Crippen LogP contribution in [0.3, 0.4) is 0 Å². The van der Waals surface area contributed by atoms with Gasteiger partial charge in [-0.2, -0.15) is 13.2 Å². The van der Waals surface area contributed by atoms with Crippen molar-refractivity contribution in [2.75, 3.05) is 0 Å². The molecule has 2 saturated carbocycles. The van der Waals surface area contributed by atoms with E-state index < -0.39 is 6.18 Å². The monoisotopic (exact) mass is 350 g/mol. The summed E-state index contributed by atoms with van der Waals surface area (Å²) in [5, 5.41) is 0. The van der Waals surface area contributed by atoms with E-state index in [9.17, 15) is 13.2 Å². The van der Waals surface area contributed by atoms with E-state index >= 15 is 0 Å². The predicted molar refractivity (Wildman–Crippen MR) is 96.7 cm³/mol. The van der Waals surface area contributed by atoms with Crippen molar-refractivity contribution in [3.63, 3.8) is 0 Å². The molecule has 0 N–H and O–H groups in total. The third-order valence-corrected chi connectivity index (χ3v) is 6.22. The van der Waals surface area contributed by atoms with E-state index in [0.717, 1.165) is 31.6 Å². The molecule has 1 aromatic carbocycles. The van der Waals surface area contributed by atoms with Gasteiger partial charge in [-0.05, 0) is 73.3 Å². The molecule has 0 aromatic heterocycles. The minimum atomic E-state index is -4.18. The molecule has 3 heteroatoms. The zero-order valence-electron chi connectivity index (χ0n) is 15.1. The van der Waals surface area contributed by atoms with E-state index in [1.165, 1.54) is 42.9 Å². The van der Waals surface area contributed by atoms with Crippen molar-refractivity contribution >= 4 is 0 Å². The van der Waals surface area contributed by atoms with Gasteiger partial charge in [-0.15, -0.1) is 0 Å². The summed E-state index contributed by atoms with van der Waals surface area (Å²) < 4.78 is 36.8. The molecule has 2 fully saturated rings. The van der Waals surface area contributed by atoms with Crippen molar-refractivity contribution in [2.45, 2.75) is 76.3 Å². The first kappa shape index (κ1) is 18.5. The molecule has 1 aromatic rings. The molecule has 3 rings (SSSR count). The fraction of sp³-hybridized carbons (Fsp3) is 0.636. The second kappa shape index (κ2) is 7.97. The highest BCUT2D eigenvalue weighted by atomic mass is 19.4. The lowest BCUT2D eigenvalue weighted by Gasteiger charge is -2.29. The SMILES string of the molecule is CC1CCC(c2ccc(C3CCC(C=CC(F)(F)F)CC3)cc2)CC1. The number of rotatable bonds is 3. The zero-order valence-corrected chi connectivity index (χ0v) is 15.1. The van der Waals surface area contributed by atoms with Gasteiger partial charge in [0.05, 0.1) is 0 Å². The smallest absolute Gasteiger partial charge is 0.167 e. The van der Waals surface area contributed by atoms with Crippen molar-refractivity contribution in [3.05, 3.63) is 47.5 Å². The lowest BCUT2D eigenvalue weighted by molar-refractivity contribution is -0.0803. The number of alkyl halides is 3. The summed E-state index contributed by atoms with van der Waals surface area (Å²) in [4.78, 5) is 0. The molecule has 0 amide bonds. The Morgan fingerprint density at radius 2 is 1.20 bits per heavy atom. The van der Waals surface area contributed by atoms with Crippen LogP contribution in [0.15, 0.2) is 36.4 Å². The van der Waals surface area contributed by atoms with Crippen molar-refractivity contribution in [2.24, 2.45) is 11.8 Å². The van der Waals surface area contributed by atoms with Crippen LogP contribution in [0.2, 0.25) is 0 Å². The molecular weight excluding hydrogens is 321 g/mol. The highest BCUT2D eigenvalue weighted by Crippen LogP contribution is 2.39. The minimum absolute atomic E-state index is 0.0846. The Bertz CT molecular complexity index is 554. The fourth-order valence-corrected chi connectivity index (χ4v) is 4.52. The van der Waals surface area contributed by atoms with Gasteiger partial charge in [-0.3, -0.25) is 0 Å². The molecule has 0 aliphatic heterocycles. The summed E-state index contributed by atoms with van der Waals surface area (Å²) in [6.45, 7) is 2.35. The minimum Gasteiger partial charge on any atom is -0.167 e. The lowest BCUT2D eigenvalue weighted by Crippen LogP contribution is -2.13. The largest absolute Gasteiger partial charge is 0.409 e. The second-order valence-electron chi connectivity index (χ2n) is 8.14. The normalized spacial score (nSPS) is 31.4. The molecule has 0 radical (unpaired) electrons. The molecule has 25 heavy (non-hydrogen) atoms. The average molecular weight is 350 g/mol. The Morgan fingerprint density at radius 1 is 0.760 bits per heavy atom. The molecule has 0 spiro atoms. The van der Waals surface area contributed by atoms with E-state index in [4.69, 9.17) is 0 Å². The molecule has 2 aliphatic carbocycles. The van der Waals surface area contributed by atoms with Crippen molar-refractivity contribution in [1.82, 2.24) is 0 Å². The van der Waals surface area contributed by atoms with Crippen LogP contribution in [0.25, 0.3) is 0 Å². The van der Waals surface area contributed by atoms with Crippen LogP contribution in [0.5, 0.6) is 0 Å². The number of halogens is 3. The maximum absolute atomic E-state index is 12.3. The van der Waals surface area contributed by atoms with Crippen molar-refractivity contribution in [1.29, 1.82) is 0 Å². The maximum Gasteiger partial charge on any atom is 0.409 e. The van der Waals surface area contributed by atoms with Crippen LogP contribution in [0.4, 0.5) is 13.2 Å². The number of allylic oxidation sites excluding steroid dienone is 2. The Morgan fingerprint density at radius 3 is 1.64 bits per heavy atom. The topological polar surface area (TPSA) is 0 Å². The Hall–Kier alpha value is -1.25. The van der Waals surface area contributed by atoms with Crippen LogP contribution >= 0.6 is 0 Å². The van der Waals surface area contributed by atoms with E-state index in [-0.39, 0.29) is 5.92 Å². The molecule has 2 aliphatic rings. The summed E-state index contributed by atoms with van der Waals surface area (Å²) in [5.74, 6) is 2.18. The quantitative estimate of drug-likeness (QED) is 0.499. The molecular formula is C22H29F3. The summed E-state index contributed by atoms with van der Waals surface area (Å²) in [5.41, 5.74) is 2.84. The van der Waals surface area contributed by atoms with Crippen LogP contribution in [0.1, 0.15) is 81.3 Å². The third kappa shape index (κ3) is 5.36. The van der Waals surface area contributed by atoms with Gasteiger partial charge >= 0.3 is 6.18 Å². The average Bonchev–Trinajstić information content (AvgIpc) is 2.61. The second-order valence-corrected chi connectivity index (χ2v) is 8.14. The van der Waals surface area contributed by atoms with Gasteiger partial charge in [0, 0.05) is 6.08 Å². The number of hydrogen-bond acceptors (Lipinski definition) is 0. The van der Waals surface area contributed by atoms with Gasteiger partial charge in [0.1, 0.15) is 0 Å². The van der Waals surface area contributed by atoms with Gasteiger partial charge in [-0.1, -0.05) is 50.1 Å². The van der Waals surface area contributed by atoms with E-state index in [0.29, 0.717) is 17.9 Å². The van der Waals surface area contributed by atoms with Gasteiger partial charge in [0.15, 0.2) is 0 Å². The first-order valence-corrected chi connectivity index (χ1v) is 9.76. The highest BCUT2D eigenvalue weighted by Gasteiger charge is 2.26. The van der Waals surface area contributed by atoms with Crippen LogP contribution in [-0.4, -0.2) is 6.18 Å². The maximum atomic E-state index is 12.3. The fourth-order valence-electron chi connectivity index (χ4n) is 4.52.